The van der Waals surface area contributed by atoms with E-state index in [1.54, 1.807) is 0 Å². The van der Waals surface area contributed by atoms with Crippen molar-refractivity contribution < 1.29 is 23.3 Å². The number of nitrogens with zero attached hydrogens (tertiary/aromatic N) is 2. The van der Waals surface area contributed by atoms with Crippen LogP contribution in [0, 0.1) is 0 Å². The van der Waals surface area contributed by atoms with Gasteiger partial charge in [-0.05, 0) is 0 Å². The first-order valence-corrected chi connectivity index (χ1v) is 5.63. The van der Waals surface area contributed by atoms with Gasteiger partial charge in [0.15, 0.2) is 0 Å². The van der Waals surface area contributed by atoms with Crippen molar-refractivity contribution in [3.8, 4) is 0 Å². The van der Waals surface area contributed by atoms with E-state index in [2.05, 4.69) is 60.9 Å². The molecule has 0 aliphatic rings. The fourth-order valence-corrected chi connectivity index (χ4v) is 0. The lowest BCUT2D eigenvalue weighted by atomic mass is 10.8. The second-order valence-electron chi connectivity index (χ2n) is 5.77. The molecule has 0 amide bonds. The summed E-state index contributed by atoms with van der Waals surface area (Å²) < 4.78 is 5.70. The molecular formula is C9H27N2O3P. The fourth-order valence-electron chi connectivity index (χ4n) is 0. The minimum Gasteiger partial charge on any atom is -0.820 e. The van der Waals surface area contributed by atoms with Gasteiger partial charge in [-0.2, -0.15) is 8.60 Å². The highest BCUT2D eigenvalue weighted by molar-refractivity contribution is 7.36. The molecule has 0 saturated carbocycles. The zero-order chi connectivity index (χ0) is 13.3. The van der Waals surface area contributed by atoms with Crippen molar-refractivity contribution >= 4 is 8.60 Å². The molecule has 0 heterocycles. The van der Waals surface area contributed by atoms with Crippen LogP contribution in [0.1, 0.15) is 0 Å². The van der Waals surface area contributed by atoms with Crippen LogP contribution in [0.3, 0.4) is 0 Å². The molecule has 0 spiro atoms. The van der Waals surface area contributed by atoms with E-state index in [0.717, 1.165) is 16.1 Å². The van der Waals surface area contributed by atoms with Crippen molar-refractivity contribution in [2.75, 3.05) is 63.5 Å². The zero-order valence-electron chi connectivity index (χ0n) is 11.6. The van der Waals surface area contributed by atoms with Gasteiger partial charge in [-0.15, -0.1) is 0 Å². The van der Waals surface area contributed by atoms with Crippen molar-refractivity contribution in [1.29, 1.82) is 0 Å². The van der Waals surface area contributed by atoms with Gasteiger partial charge in [0, 0.05) is 7.11 Å². The van der Waals surface area contributed by atoms with Gasteiger partial charge in [0.1, 0.15) is 0 Å². The molecule has 0 bridgehead atoms. The van der Waals surface area contributed by atoms with Gasteiger partial charge in [0.05, 0.1) is 56.4 Å². The van der Waals surface area contributed by atoms with Crippen LogP contribution >= 0.6 is 8.60 Å². The van der Waals surface area contributed by atoms with E-state index < -0.39 is 8.60 Å². The van der Waals surface area contributed by atoms with Crippen LogP contribution in [0.2, 0.25) is 0 Å². The van der Waals surface area contributed by atoms with Crippen molar-refractivity contribution in [3.63, 3.8) is 0 Å². The highest BCUT2D eigenvalue weighted by Crippen LogP contribution is 2.07. The first-order valence-electron chi connectivity index (χ1n) is 4.53. The van der Waals surface area contributed by atoms with Crippen LogP contribution in [0.5, 0.6) is 0 Å². The molecule has 0 aromatic heterocycles. The van der Waals surface area contributed by atoms with Crippen LogP contribution in [0.4, 0.5) is 0 Å². The Morgan fingerprint density at radius 2 is 0.800 bits per heavy atom. The third-order valence-electron chi connectivity index (χ3n) is 0.149. The summed E-state index contributed by atoms with van der Waals surface area (Å²) in [6, 6.07) is 0. The molecule has 0 aliphatic carbocycles. The molecule has 0 rings (SSSR count). The standard InChI is InChI=1S/2C4H12N.CH3O3P/c2*1-5(2,3)4;1-4-5(2)3/h2*1-4H3;1H3/q2*+1;-2. The van der Waals surface area contributed by atoms with E-state index in [0.29, 0.717) is 0 Å². The third kappa shape index (κ3) is 428. The monoisotopic (exact) mass is 242 g/mol. The Morgan fingerprint density at radius 1 is 0.733 bits per heavy atom. The number of hydrogen-bond donors (Lipinski definition) is 0. The molecule has 0 aromatic rings. The summed E-state index contributed by atoms with van der Waals surface area (Å²) in [5.41, 5.74) is 0. The van der Waals surface area contributed by atoms with E-state index in [4.69, 9.17) is 0 Å². The number of quaternary nitrogens is 2. The van der Waals surface area contributed by atoms with Crippen LogP contribution < -0.4 is 9.79 Å². The Balaban J connectivity index is -0.000000144. The van der Waals surface area contributed by atoms with Crippen LogP contribution in [0.15, 0.2) is 0 Å². The maximum atomic E-state index is 9.18. The molecule has 0 atom stereocenters. The molecule has 0 unspecified atom stereocenters. The van der Waals surface area contributed by atoms with Gasteiger partial charge in [-0.1, -0.05) is 0 Å². The average Bonchev–Trinajstić information content (AvgIpc) is 1.79. The highest BCUT2D eigenvalue weighted by Gasteiger charge is 1.88. The van der Waals surface area contributed by atoms with Gasteiger partial charge < -0.3 is 23.3 Å². The second kappa shape index (κ2) is 9.46. The summed E-state index contributed by atoms with van der Waals surface area (Å²) in [5, 5.41) is 0. The maximum Gasteiger partial charge on any atom is 0.0675 e. The first kappa shape index (κ1) is 20.6. The van der Waals surface area contributed by atoms with E-state index in [1.165, 1.54) is 0 Å². The van der Waals surface area contributed by atoms with Crippen LogP contribution in [-0.2, 0) is 4.52 Å². The molecular weight excluding hydrogens is 215 g/mol. The smallest absolute Gasteiger partial charge is 0.0675 e. The lowest BCUT2D eigenvalue weighted by Gasteiger charge is -2.25. The molecule has 0 aliphatic heterocycles. The van der Waals surface area contributed by atoms with E-state index >= 15 is 0 Å². The predicted molar refractivity (Wildman–Crippen MR) is 61.8 cm³/mol. The second-order valence-corrected chi connectivity index (χ2v) is 6.59. The van der Waals surface area contributed by atoms with Crippen molar-refractivity contribution in [2.24, 2.45) is 0 Å². The van der Waals surface area contributed by atoms with E-state index in [-0.39, 0.29) is 0 Å². The number of rotatable bonds is 1. The number of hydrogen-bond acceptors (Lipinski definition) is 3. The minimum absolute atomic E-state index is 1.00. The van der Waals surface area contributed by atoms with E-state index in [1.807, 2.05) is 0 Å². The Bertz CT molecular complexity index is 106. The van der Waals surface area contributed by atoms with Crippen molar-refractivity contribution in [1.82, 2.24) is 0 Å². The average molecular weight is 242 g/mol. The molecule has 6 heteroatoms. The maximum absolute atomic E-state index is 9.18. The summed E-state index contributed by atoms with van der Waals surface area (Å²) in [4.78, 5) is 18.4. The molecule has 15 heavy (non-hydrogen) atoms. The van der Waals surface area contributed by atoms with Crippen molar-refractivity contribution in [3.05, 3.63) is 0 Å². The van der Waals surface area contributed by atoms with E-state index in [9.17, 15) is 9.79 Å². The fraction of sp³-hybridized carbons (Fsp3) is 1.00. The molecule has 0 saturated heterocycles. The lowest BCUT2D eigenvalue weighted by molar-refractivity contribution is -0.849. The molecule has 0 radical (unpaired) electrons. The van der Waals surface area contributed by atoms with Crippen LogP contribution in [-0.4, -0.2) is 72.5 Å². The van der Waals surface area contributed by atoms with Gasteiger partial charge >= 0.3 is 0 Å². The Morgan fingerprint density at radius 3 is 0.800 bits per heavy atom. The summed E-state index contributed by atoms with van der Waals surface area (Å²) in [6.45, 7) is 0. The largest absolute Gasteiger partial charge is 0.820 e. The summed E-state index contributed by atoms with van der Waals surface area (Å²) in [5.74, 6) is 0. The minimum atomic E-state index is -2.60. The molecule has 0 aromatic carbocycles. The molecule has 96 valence electrons. The van der Waals surface area contributed by atoms with Crippen LogP contribution in [0.25, 0.3) is 0 Å². The van der Waals surface area contributed by atoms with Gasteiger partial charge in [-0.3, -0.25) is 0 Å². The Hall–Kier alpha value is 0.230. The predicted octanol–water partition coefficient (Wildman–Crippen LogP) is -0.775. The quantitative estimate of drug-likeness (QED) is 0.448. The third-order valence-corrected chi connectivity index (χ3v) is 0.447. The Kier molecular flexibility index (Phi) is 13.0. The van der Waals surface area contributed by atoms with Gasteiger partial charge in [0.25, 0.3) is 0 Å². The first-order chi connectivity index (χ1) is 6.27. The van der Waals surface area contributed by atoms with Gasteiger partial charge in [0.2, 0.25) is 0 Å². The molecule has 0 N–H and O–H groups in total. The summed E-state index contributed by atoms with van der Waals surface area (Å²) >= 11 is 0. The molecule has 0 fully saturated rings. The highest BCUT2D eigenvalue weighted by atomic mass is 31.2. The topological polar surface area (TPSA) is 55.3 Å². The SMILES string of the molecule is COP([O-])[O-].C[N+](C)(C)C.C[N+](C)(C)C. The molecule has 5 nitrogen and oxygen atoms in total. The summed E-state index contributed by atoms with van der Waals surface area (Å²) in [7, 11) is 15.5. The Labute approximate surface area is 96.1 Å². The van der Waals surface area contributed by atoms with Crippen molar-refractivity contribution in [2.45, 2.75) is 0 Å². The normalized spacial score (nSPS) is 11.2. The zero-order valence-corrected chi connectivity index (χ0v) is 12.5. The van der Waals surface area contributed by atoms with Gasteiger partial charge in [-0.25, -0.2) is 0 Å². The summed E-state index contributed by atoms with van der Waals surface area (Å²) in [6.07, 6.45) is 0. The lowest BCUT2D eigenvalue weighted by Crippen LogP contribution is -2.27.